The Hall–Kier alpha value is -1.43. The lowest BCUT2D eigenvalue weighted by Gasteiger charge is -2.23. The van der Waals surface area contributed by atoms with Crippen LogP contribution in [0.5, 0.6) is 0 Å². The predicted octanol–water partition coefficient (Wildman–Crippen LogP) is 1.61. The highest BCUT2D eigenvalue weighted by Crippen LogP contribution is 2.31. The van der Waals surface area contributed by atoms with Gasteiger partial charge in [0.25, 0.3) is 0 Å². The van der Waals surface area contributed by atoms with Gasteiger partial charge in [-0.05, 0) is 25.7 Å². The maximum Gasteiger partial charge on any atom is 0.225 e. The molecule has 3 rings (SSSR count). The summed E-state index contributed by atoms with van der Waals surface area (Å²) in [6, 6.07) is -0.0219. The highest BCUT2D eigenvalue weighted by molar-refractivity contribution is 5.77. The number of aryl methyl sites for hydroxylation is 1. The highest BCUT2D eigenvalue weighted by atomic mass is 16.5. The number of rotatable bonds is 3. The summed E-state index contributed by atoms with van der Waals surface area (Å²) in [5.74, 6) is 1.33. The largest absolute Gasteiger partial charge is 0.378 e. The van der Waals surface area contributed by atoms with E-state index >= 15 is 0 Å². The van der Waals surface area contributed by atoms with Crippen LogP contribution in [0.3, 0.4) is 0 Å². The number of carbonyl (C=O) groups is 1. The minimum atomic E-state index is -0.0219. The molecule has 0 N–H and O–H groups in total. The van der Waals surface area contributed by atoms with Crippen molar-refractivity contribution in [3.63, 3.8) is 0 Å². The third kappa shape index (κ3) is 2.63. The molecule has 2 unspecified atom stereocenters. The van der Waals surface area contributed by atoms with Crippen LogP contribution in [-0.2, 0) is 9.53 Å². The van der Waals surface area contributed by atoms with Crippen LogP contribution in [0.1, 0.15) is 49.9 Å². The van der Waals surface area contributed by atoms with Crippen molar-refractivity contribution in [2.24, 2.45) is 0 Å². The molecule has 0 aromatic carbocycles. The smallest absolute Gasteiger partial charge is 0.225 e. The van der Waals surface area contributed by atoms with Crippen molar-refractivity contribution in [1.82, 2.24) is 15.0 Å². The molecular formula is C13H19N3O3. The minimum absolute atomic E-state index is 0.0219. The van der Waals surface area contributed by atoms with E-state index in [1.54, 1.807) is 6.92 Å². The predicted molar refractivity (Wildman–Crippen MR) is 66.3 cm³/mol. The van der Waals surface area contributed by atoms with Crippen LogP contribution in [0, 0.1) is 6.92 Å². The molecule has 0 bridgehead atoms. The van der Waals surface area contributed by atoms with Gasteiger partial charge in [0, 0.05) is 20.1 Å². The molecule has 0 radical (unpaired) electrons. The molecule has 1 aromatic rings. The van der Waals surface area contributed by atoms with Crippen LogP contribution in [0.25, 0.3) is 0 Å². The average molecular weight is 265 g/mol. The van der Waals surface area contributed by atoms with Crippen LogP contribution in [-0.4, -0.2) is 40.2 Å². The summed E-state index contributed by atoms with van der Waals surface area (Å²) >= 11 is 0. The molecule has 0 spiro atoms. The van der Waals surface area contributed by atoms with Gasteiger partial charge < -0.3 is 14.2 Å². The zero-order valence-corrected chi connectivity index (χ0v) is 11.2. The number of hydrogen-bond donors (Lipinski definition) is 0. The van der Waals surface area contributed by atoms with E-state index in [0.29, 0.717) is 18.1 Å². The van der Waals surface area contributed by atoms with Crippen LogP contribution in [0.15, 0.2) is 4.52 Å². The number of amides is 1. The molecule has 3 heterocycles. The van der Waals surface area contributed by atoms with Gasteiger partial charge >= 0.3 is 0 Å². The molecule has 104 valence electrons. The van der Waals surface area contributed by atoms with Crippen molar-refractivity contribution in [1.29, 1.82) is 0 Å². The van der Waals surface area contributed by atoms with Crippen molar-refractivity contribution in [2.75, 3.05) is 13.2 Å². The Kier molecular flexibility index (Phi) is 3.50. The molecule has 2 aliphatic heterocycles. The first kappa shape index (κ1) is 12.6. The van der Waals surface area contributed by atoms with Gasteiger partial charge in [0.2, 0.25) is 11.8 Å². The van der Waals surface area contributed by atoms with Gasteiger partial charge in [0.1, 0.15) is 0 Å². The molecule has 2 aliphatic rings. The molecule has 19 heavy (non-hydrogen) atoms. The lowest BCUT2D eigenvalue weighted by molar-refractivity contribution is -0.134. The van der Waals surface area contributed by atoms with E-state index in [1.165, 1.54) is 0 Å². The summed E-state index contributed by atoms with van der Waals surface area (Å²) in [6.07, 6.45) is 4.54. The number of likely N-dealkylation sites (tertiary alicyclic amines) is 1. The molecule has 1 amide bonds. The van der Waals surface area contributed by atoms with Crippen molar-refractivity contribution < 1.29 is 14.1 Å². The van der Waals surface area contributed by atoms with Crippen LogP contribution in [0.4, 0.5) is 0 Å². The Morgan fingerprint density at radius 3 is 3.00 bits per heavy atom. The Morgan fingerprint density at radius 1 is 1.42 bits per heavy atom. The van der Waals surface area contributed by atoms with Gasteiger partial charge in [-0.1, -0.05) is 5.16 Å². The summed E-state index contributed by atoms with van der Waals surface area (Å²) in [6.45, 7) is 3.33. The summed E-state index contributed by atoms with van der Waals surface area (Å²) in [4.78, 5) is 18.5. The summed E-state index contributed by atoms with van der Waals surface area (Å²) < 4.78 is 10.5. The van der Waals surface area contributed by atoms with Gasteiger partial charge in [-0.25, -0.2) is 0 Å². The maximum atomic E-state index is 12.4. The Morgan fingerprint density at radius 2 is 2.32 bits per heavy atom. The van der Waals surface area contributed by atoms with E-state index in [1.807, 2.05) is 4.90 Å². The van der Waals surface area contributed by atoms with Crippen LogP contribution >= 0.6 is 0 Å². The minimum Gasteiger partial charge on any atom is -0.378 e. The zero-order valence-electron chi connectivity index (χ0n) is 11.2. The molecular weight excluding hydrogens is 246 g/mol. The van der Waals surface area contributed by atoms with Crippen molar-refractivity contribution in [3.05, 3.63) is 11.7 Å². The normalized spacial score (nSPS) is 27.1. The van der Waals surface area contributed by atoms with E-state index in [9.17, 15) is 4.79 Å². The lowest BCUT2D eigenvalue weighted by atomic mass is 10.1. The first-order valence-electron chi connectivity index (χ1n) is 6.95. The topological polar surface area (TPSA) is 68.5 Å². The molecule has 1 aromatic heterocycles. The van der Waals surface area contributed by atoms with E-state index < -0.39 is 0 Å². The number of nitrogens with zero attached hydrogens (tertiary/aromatic N) is 3. The van der Waals surface area contributed by atoms with Crippen molar-refractivity contribution in [2.45, 2.75) is 51.2 Å². The molecule has 6 nitrogen and oxygen atoms in total. The Bertz CT molecular complexity index is 454. The quantitative estimate of drug-likeness (QED) is 0.830. The van der Waals surface area contributed by atoms with E-state index in [0.717, 1.165) is 38.8 Å². The molecule has 0 saturated carbocycles. The first-order valence-corrected chi connectivity index (χ1v) is 6.95. The van der Waals surface area contributed by atoms with Gasteiger partial charge in [-0.15, -0.1) is 0 Å². The van der Waals surface area contributed by atoms with E-state index in [-0.39, 0.29) is 18.1 Å². The second kappa shape index (κ2) is 5.28. The highest BCUT2D eigenvalue weighted by Gasteiger charge is 2.34. The third-order valence-corrected chi connectivity index (χ3v) is 3.84. The number of carbonyl (C=O) groups excluding carboxylic acids is 1. The van der Waals surface area contributed by atoms with E-state index in [4.69, 9.17) is 9.26 Å². The first-order chi connectivity index (χ1) is 9.24. The van der Waals surface area contributed by atoms with Gasteiger partial charge in [0.05, 0.1) is 18.6 Å². The fourth-order valence-corrected chi connectivity index (χ4v) is 2.90. The summed E-state index contributed by atoms with van der Waals surface area (Å²) in [7, 11) is 0. The second-order valence-corrected chi connectivity index (χ2v) is 5.26. The van der Waals surface area contributed by atoms with Crippen LogP contribution in [0.2, 0.25) is 0 Å². The second-order valence-electron chi connectivity index (χ2n) is 5.26. The van der Waals surface area contributed by atoms with Crippen LogP contribution < -0.4 is 0 Å². The van der Waals surface area contributed by atoms with Gasteiger partial charge in [-0.2, -0.15) is 4.98 Å². The summed E-state index contributed by atoms with van der Waals surface area (Å²) in [5, 5.41) is 3.95. The summed E-state index contributed by atoms with van der Waals surface area (Å²) in [5.41, 5.74) is 0. The standard InChI is InChI=1S/C13H19N3O3/c1-9-14-13(15-19-9)11-5-2-6-16(11)12(17)8-10-4-3-7-18-10/h10-11H,2-8H2,1H3. The average Bonchev–Trinajstić information content (AvgIpc) is 3.07. The fraction of sp³-hybridized carbons (Fsp3) is 0.769. The van der Waals surface area contributed by atoms with Crippen molar-refractivity contribution >= 4 is 5.91 Å². The Labute approximate surface area is 112 Å². The zero-order chi connectivity index (χ0) is 13.2. The van der Waals surface area contributed by atoms with Gasteiger partial charge in [0.15, 0.2) is 5.82 Å². The fourth-order valence-electron chi connectivity index (χ4n) is 2.90. The van der Waals surface area contributed by atoms with E-state index in [2.05, 4.69) is 10.1 Å². The maximum absolute atomic E-state index is 12.4. The van der Waals surface area contributed by atoms with Gasteiger partial charge in [-0.3, -0.25) is 4.79 Å². The van der Waals surface area contributed by atoms with Crippen molar-refractivity contribution in [3.8, 4) is 0 Å². The monoisotopic (exact) mass is 265 g/mol. The number of hydrogen-bond acceptors (Lipinski definition) is 5. The SMILES string of the molecule is Cc1nc(C2CCCN2C(=O)CC2CCCO2)no1. The molecule has 0 aliphatic carbocycles. The Balaban J connectivity index is 1.66. The third-order valence-electron chi connectivity index (χ3n) is 3.84. The molecule has 2 fully saturated rings. The molecule has 2 atom stereocenters. The molecule has 6 heteroatoms. The number of aromatic nitrogens is 2. The molecule has 2 saturated heterocycles. The number of ether oxygens (including phenoxy) is 1. The lowest BCUT2D eigenvalue weighted by Crippen LogP contribution is -2.33.